The third-order valence-corrected chi connectivity index (χ3v) is 8.65. The van der Waals surface area contributed by atoms with E-state index >= 15 is 0 Å². The number of carbonyl (C=O) groups excluding carboxylic acids is 1. The standard InChI is InChI=1S/C31H34BrN3O4/c1-20-2-3-22-13-26(32)4-5-27(22)31(39-18-21-7-10-37-17-21)34-28(20)16-35-29-15-33-9-6-23(29)12-25(14-30(35)36)24-8-11-38-19-24/h4-6,9,12-13,15,21,24H,2-3,7-8,10-11,14,16-19H2,1H3. The molecule has 1 amide bonds. The maximum atomic E-state index is 13.8. The van der Waals surface area contributed by atoms with Crippen molar-refractivity contribution in [2.75, 3.05) is 44.5 Å². The van der Waals surface area contributed by atoms with Crippen LogP contribution in [0.25, 0.3) is 6.08 Å². The second-order valence-corrected chi connectivity index (χ2v) is 11.8. The number of aromatic nitrogens is 1. The number of hydrogen-bond donors (Lipinski definition) is 0. The van der Waals surface area contributed by atoms with Gasteiger partial charge in [-0.2, -0.15) is 0 Å². The Labute approximate surface area is 238 Å². The number of benzene rings is 1. The SMILES string of the molecule is CC1=C(CN2C(=O)CC(C3CCOC3)=Cc3ccncc32)N=C(OCC2CCOC2)c2ccc(Br)cc2CC1. The van der Waals surface area contributed by atoms with Gasteiger partial charge in [0.15, 0.2) is 0 Å². The lowest BCUT2D eigenvalue weighted by molar-refractivity contribution is -0.118. The molecular formula is C31H34BrN3O4. The normalized spacial score (nSPS) is 23.4. The molecular weight excluding hydrogens is 558 g/mol. The number of hydrogen-bond acceptors (Lipinski definition) is 6. The fourth-order valence-corrected chi connectivity index (χ4v) is 6.13. The van der Waals surface area contributed by atoms with E-state index in [1.54, 1.807) is 12.4 Å². The molecule has 0 aliphatic carbocycles. The number of anilines is 1. The Bertz CT molecular complexity index is 1340. The molecule has 39 heavy (non-hydrogen) atoms. The summed E-state index contributed by atoms with van der Waals surface area (Å²) in [6, 6.07) is 8.27. The van der Waals surface area contributed by atoms with E-state index in [0.29, 0.717) is 38.0 Å². The molecule has 2 aromatic rings. The predicted octanol–water partition coefficient (Wildman–Crippen LogP) is 5.72. The van der Waals surface area contributed by atoms with E-state index in [1.807, 2.05) is 17.0 Å². The van der Waals surface area contributed by atoms with E-state index in [0.717, 1.165) is 83.6 Å². The number of halogens is 1. The highest BCUT2D eigenvalue weighted by molar-refractivity contribution is 9.10. The first kappa shape index (κ1) is 26.4. The summed E-state index contributed by atoms with van der Waals surface area (Å²) >= 11 is 3.63. The highest BCUT2D eigenvalue weighted by Gasteiger charge is 2.30. The Hall–Kier alpha value is -2.81. The van der Waals surface area contributed by atoms with Crippen molar-refractivity contribution in [3.05, 3.63) is 74.7 Å². The van der Waals surface area contributed by atoms with E-state index in [1.165, 1.54) is 5.56 Å². The molecule has 2 fully saturated rings. The second kappa shape index (κ2) is 11.7. The molecule has 1 aromatic carbocycles. The van der Waals surface area contributed by atoms with Gasteiger partial charge in [-0.05, 0) is 68.0 Å². The van der Waals surface area contributed by atoms with Crippen molar-refractivity contribution in [3.63, 3.8) is 0 Å². The third kappa shape index (κ3) is 5.88. The van der Waals surface area contributed by atoms with Gasteiger partial charge in [0.25, 0.3) is 0 Å². The van der Waals surface area contributed by atoms with Crippen LogP contribution < -0.4 is 4.90 Å². The minimum Gasteiger partial charge on any atom is -0.477 e. The highest BCUT2D eigenvalue weighted by Crippen LogP contribution is 2.35. The topological polar surface area (TPSA) is 73.3 Å². The summed E-state index contributed by atoms with van der Waals surface area (Å²) in [6.45, 7) is 5.98. The molecule has 4 aliphatic rings. The van der Waals surface area contributed by atoms with Crippen LogP contribution in [-0.4, -0.2) is 56.4 Å². The minimum absolute atomic E-state index is 0.0624. The Morgan fingerprint density at radius 1 is 1.13 bits per heavy atom. The lowest BCUT2D eigenvalue weighted by Gasteiger charge is -2.26. The summed E-state index contributed by atoms with van der Waals surface area (Å²) in [5.41, 5.74) is 7.22. The second-order valence-electron chi connectivity index (χ2n) is 10.9. The quantitative estimate of drug-likeness (QED) is 0.444. The number of amides is 1. The van der Waals surface area contributed by atoms with Crippen LogP contribution in [0, 0.1) is 11.8 Å². The Morgan fingerprint density at radius 3 is 2.82 bits per heavy atom. The van der Waals surface area contributed by atoms with Crippen molar-refractivity contribution < 1.29 is 19.0 Å². The van der Waals surface area contributed by atoms with E-state index in [9.17, 15) is 4.79 Å². The molecule has 0 radical (unpaired) electrons. The summed E-state index contributed by atoms with van der Waals surface area (Å²) in [5, 5.41) is 0. The van der Waals surface area contributed by atoms with Crippen molar-refractivity contribution in [2.45, 2.75) is 39.0 Å². The zero-order valence-corrected chi connectivity index (χ0v) is 23.9. The van der Waals surface area contributed by atoms with Gasteiger partial charge in [-0.1, -0.05) is 27.6 Å². The summed E-state index contributed by atoms with van der Waals surface area (Å²) in [5.74, 6) is 1.33. The van der Waals surface area contributed by atoms with Crippen molar-refractivity contribution in [1.82, 2.24) is 4.98 Å². The molecule has 0 N–H and O–H groups in total. The van der Waals surface area contributed by atoms with Crippen LogP contribution in [0.5, 0.6) is 0 Å². The molecule has 2 unspecified atom stereocenters. The zero-order valence-electron chi connectivity index (χ0n) is 22.3. The third-order valence-electron chi connectivity index (χ3n) is 8.16. The van der Waals surface area contributed by atoms with Gasteiger partial charge in [-0.25, -0.2) is 4.99 Å². The predicted molar refractivity (Wildman–Crippen MR) is 155 cm³/mol. The maximum absolute atomic E-state index is 13.8. The van der Waals surface area contributed by atoms with Gasteiger partial charge in [-0.3, -0.25) is 9.78 Å². The van der Waals surface area contributed by atoms with E-state index in [4.69, 9.17) is 19.2 Å². The van der Waals surface area contributed by atoms with Crippen LogP contribution in [0.15, 0.2) is 63.0 Å². The van der Waals surface area contributed by atoms with Gasteiger partial charge in [0, 0.05) is 53.3 Å². The molecule has 4 aliphatic heterocycles. The fourth-order valence-electron chi connectivity index (χ4n) is 5.73. The Balaban J connectivity index is 1.34. The van der Waals surface area contributed by atoms with Crippen LogP contribution in [-0.2, 0) is 25.4 Å². The molecule has 204 valence electrons. The van der Waals surface area contributed by atoms with Crippen LogP contribution >= 0.6 is 15.9 Å². The molecule has 2 saturated heterocycles. The van der Waals surface area contributed by atoms with Crippen molar-refractivity contribution >= 4 is 39.5 Å². The van der Waals surface area contributed by atoms with Crippen LogP contribution in [0.3, 0.4) is 0 Å². The monoisotopic (exact) mass is 591 g/mol. The average molecular weight is 593 g/mol. The number of aliphatic imine (C=N–C) groups is 1. The van der Waals surface area contributed by atoms with Gasteiger partial charge in [0.2, 0.25) is 11.8 Å². The van der Waals surface area contributed by atoms with Crippen molar-refractivity contribution in [3.8, 4) is 0 Å². The summed E-state index contributed by atoms with van der Waals surface area (Å²) in [4.78, 5) is 25.2. The Morgan fingerprint density at radius 2 is 2.00 bits per heavy atom. The molecule has 0 saturated carbocycles. The number of ether oxygens (including phenoxy) is 3. The van der Waals surface area contributed by atoms with Crippen molar-refractivity contribution in [2.24, 2.45) is 16.8 Å². The highest BCUT2D eigenvalue weighted by atomic mass is 79.9. The summed E-state index contributed by atoms with van der Waals surface area (Å²) < 4.78 is 18.7. The number of nitrogens with zero attached hydrogens (tertiary/aromatic N) is 3. The molecule has 1 aromatic heterocycles. The lowest BCUT2D eigenvalue weighted by atomic mass is 9.94. The zero-order chi connectivity index (χ0) is 26.8. The summed E-state index contributed by atoms with van der Waals surface area (Å²) in [7, 11) is 0. The van der Waals surface area contributed by atoms with Crippen LogP contribution in [0.4, 0.5) is 5.69 Å². The molecule has 7 nitrogen and oxygen atoms in total. The van der Waals surface area contributed by atoms with Gasteiger partial charge < -0.3 is 19.1 Å². The van der Waals surface area contributed by atoms with E-state index < -0.39 is 0 Å². The number of aryl methyl sites for hydroxylation is 1. The first-order valence-electron chi connectivity index (χ1n) is 13.8. The molecule has 0 spiro atoms. The van der Waals surface area contributed by atoms with Gasteiger partial charge in [-0.15, -0.1) is 0 Å². The number of carbonyl (C=O) groups is 1. The lowest BCUT2D eigenvalue weighted by Crippen LogP contribution is -2.33. The average Bonchev–Trinajstić information content (AvgIpc) is 3.64. The van der Waals surface area contributed by atoms with Gasteiger partial charge in [0.05, 0.1) is 43.9 Å². The molecule has 0 bridgehead atoms. The van der Waals surface area contributed by atoms with Crippen molar-refractivity contribution in [1.29, 1.82) is 0 Å². The Kier molecular flexibility index (Phi) is 7.95. The van der Waals surface area contributed by atoms with E-state index in [2.05, 4.69) is 46.0 Å². The largest absolute Gasteiger partial charge is 0.477 e. The molecule has 2 atom stereocenters. The number of fused-ring (bicyclic) bond motifs is 2. The number of pyridine rings is 1. The number of allylic oxidation sites excluding steroid dienone is 1. The van der Waals surface area contributed by atoms with Gasteiger partial charge >= 0.3 is 0 Å². The van der Waals surface area contributed by atoms with Gasteiger partial charge in [0.1, 0.15) is 0 Å². The first-order chi connectivity index (χ1) is 19.0. The summed E-state index contributed by atoms with van der Waals surface area (Å²) in [6.07, 6.45) is 9.81. The van der Waals surface area contributed by atoms with E-state index in [-0.39, 0.29) is 11.8 Å². The number of rotatable bonds is 5. The minimum atomic E-state index is 0.0624. The maximum Gasteiger partial charge on any atom is 0.231 e. The van der Waals surface area contributed by atoms with Crippen LogP contribution in [0.1, 0.15) is 49.3 Å². The first-order valence-corrected chi connectivity index (χ1v) is 14.6. The smallest absolute Gasteiger partial charge is 0.231 e. The fraction of sp³-hybridized carbons (Fsp3) is 0.452. The molecule has 8 heteroatoms. The van der Waals surface area contributed by atoms with Crippen LogP contribution in [0.2, 0.25) is 0 Å². The molecule has 5 heterocycles. The molecule has 6 rings (SSSR count).